The van der Waals surface area contributed by atoms with Crippen LogP contribution in [0, 0.1) is 5.92 Å². The summed E-state index contributed by atoms with van der Waals surface area (Å²) in [7, 11) is 0. The largest absolute Gasteiger partial charge is 0.471 e. The average Bonchev–Trinajstić information content (AvgIpc) is 2.59. The highest BCUT2D eigenvalue weighted by atomic mass is 19.4. The van der Waals surface area contributed by atoms with E-state index in [4.69, 9.17) is 0 Å². The molecule has 0 radical (unpaired) electrons. The van der Waals surface area contributed by atoms with Crippen LogP contribution in [0.25, 0.3) is 0 Å². The number of alkyl halides is 3. The van der Waals surface area contributed by atoms with Crippen molar-refractivity contribution in [1.82, 2.24) is 5.43 Å². The summed E-state index contributed by atoms with van der Waals surface area (Å²) in [6.07, 6.45) is -0.0577. The number of rotatable bonds is 4. The van der Waals surface area contributed by atoms with E-state index in [1.165, 1.54) is 18.2 Å². The van der Waals surface area contributed by atoms with Gasteiger partial charge in [-0.25, -0.2) is 5.43 Å². The van der Waals surface area contributed by atoms with Gasteiger partial charge in [0.15, 0.2) is 0 Å². The molecule has 1 aromatic carbocycles. The van der Waals surface area contributed by atoms with Gasteiger partial charge in [-0.05, 0) is 37.5 Å². The van der Waals surface area contributed by atoms with E-state index in [0.717, 1.165) is 32.1 Å². The molecule has 0 unspecified atom stereocenters. The van der Waals surface area contributed by atoms with Crippen molar-refractivity contribution in [3.63, 3.8) is 0 Å². The van der Waals surface area contributed by atoms with Crippen LogP contribution >= 0.6 is 0 Å². The van der Waals surface area contributed by atoms with E-state index < -0.39 is 12.1 Å². The standard InChI is InChI=1S/C17H20F3N3O2/c1-11(22-23-15(24)12-6-3-2-4-7-12)13-8-5-9-14(10-13)21-16(25)17(18,19)20/h5,8-10,12H,2-4,6-7H2,1H3,(H,21,25)(H,23,24)/b22-11-. The molecule has 1 aromatic rings. The Morgan fingerprint density at radius 1 is 1.16 bits per heavy atom. The van der Waals surface area contributed by atoms with Crippen LogP contribution in [0.5, 0.6) is 0 Å². The number of hydrogen-bond acceptors (Lipinski definition) is 3. The summed E-state index contributed by atoms with van der Waals surface area (Å²) in [5, 5.41) is 5.81. The molecule has 1 aliphatic rings. The van der Waals surface area contributed by atoms with Crippen molar-refractivity contribution in [3.05, 3.63) is 29.8 Å². The van der Waals surface area contributed by atoms with Crippen molar-refractivity contribution in [1.29, 1.82) is 0 Å². The van der Waals surface area contributed by atoms with E-state index in [1.54, 1.807) is 18.3 Å². The van der Waals surface area contributed by atoms with E-state index in [2.05, 4.69) is 10.5 Å². The number of amides is 2. The lowest BCUT2D eigenvalue weighted by Gasteiger charge is -2.19. The monoisotopic (exact) mass is 355 g/mol. The minimum absolute atomic E-state index is 0.00739. The Hall–Kier alpha value is -2.38. The molecule has 0 aliphatic heterocycles. The first-order valence-electron chi connectivity index (χ1n) is 8.10. The quantitative estimate of drug-likeness (QED) is 0.640. The summed E-state index contributed by atoms with van der Waals surface area (Å²) in [5.41, 5.74) is 3.47. The zero-order valence-electron chi connectivity index (χ0n) is 13.8. The molecule has 2 rings (SSSR count). The van der Waals surface area contributed by atoms with Gasteiger partial charge in [0.2, 0.25) is 5.91 Å². The van der Waals surface area contributed by atoms with E-state index in [-0.39, 0.29) is 17.5 Å². The molecular weight excluding hydrogens is 335 g/mol. The molecule has 1 aliphatic carbocycles. The highest BCUT2D eigenvalue weighted by molar-refractivity contribution is 6.01. The molecule has 1 fully saturated rings. The molecule has 136 valence electrons. The number of benzene rings is 1. The number of hydrazone groups is 1. The Kier molecular flexibility index (Phi) is 6.17. The first kappa shape index (κ1) is 19.0. The topological polar surface area (TPSA) is 70.6 Å². The van der Waals surface area contributed by atoms with Gasteiger partial charge in [0.05, 0.1) is 5.71 Å². The van der Waals surface area contributed by atoms with Gasteiger partial charge in [0.1, 0.15) is 0 Å². The maximum atomic E-state index is 12.3. The second-order valence-electron chi connectivity index (χ2n) is 6.04. The minimum Gasteiger partial charge on any atom is -0.318 e. The van der Waals surface area contributed by atoms with Crippen LogP contribution in [-0.2, 0) is 9.59 Å². The fourth-order valence-electron chi connectivity index (χ4n) is 2.68. The normalized spacial score (nSPS) is 16.4. The van der Waals surface area contributed by atoms with Gasteiger partial charge >= 0.3 is 12.1 Å². The van der Waals surface area contributed by atoms with Crippen LogP contribution < -0.4 is 10.7 Å². The average molecular weight is 355 g/mol. The van der Waals surface area contributed by atoms with E-state index in [0.29, 0.717) is 11.3 Å². The molecule has 0 spiro atoms. The van der Waals surface area contributed by atoms with Crippen molar-refractivity contribution in [2.75, 3.05) is 5.32 Å². The Labute approximate surface area is 143 Å². The molecule has 0 aromatic heterocycles. The van der Waals surface area contributed by atoms with Crippen LogP contribution in [0.4, 0.5) is 18.9 Å². The predicted octanol–water partition coefficient (Wildman–Crippen LogP) is 3.61. The van der Waals surface area contributed by atoms with Crippen LogP contribution in [0.3, 0.4) is 0 Å². The maximum absolute atomic E-state index is 12.3. The van der Waals surface area contributed by atoms with E-state index in [9.17, 15) is 22.8 Å². The Morgan fingerprint density at radius 3 is 2.48 bits per heavy atom. The molecule has 5 nitrogen and oxygen atoms in total. The summed E-state index contributed by atoms with van der Waals surface area (Å²) in [6.45, 7) is 1.63. The molecule has 1 saturated carbocycles. The predicted molar refractivity (Wildman–Crippen MR) is 88.1 cm³/mol. The van der Waals surface area contributed by atoms with Gasteiger partial charge in [0.25, 0.3) is 0 Å². The molecule has 0 bridgehead atoms. The van der Waals surface area contributed by atoms with Crippen molar-refractivity contribution in [2.45, 2.75) is 45.2 Å². The molecule has 0 atom stereocenters. The number of hydrogen-bond donors (Lipinski definition) is 2. The van der Waals surface area contributed by atoms with E-state index in [1.807, 2.05) is 0 Å². The fourth-order valence-corrected chi connectivity index (χ4v) is 2.68. The third-order valence-corrected chi connectivity index (χ3v) is 4.11. The number of carbonyl (C=O) groups excluding carboxylic acids is 2. The van der Waals surface area contributed by atoms with E-state index >= 15 is 0 Å². The van der Waals surface area contributed by atoms with Gasteiger partial charge < -0.3 is 5.32 Å². The second-order valence-corrected chi connectivity index (χ2v) is 6.04. The second kappa shape index (κ2) is 8.13. The third-order valence-electron chi connectivity index (χ3n) is 4.11. The van der Waals surface area contributed by atoms with Crippen molar-refractivity contribution in [2.24, 2.45) is 11.0 Å². The van der Waals surface area contributed by atoms with Crippen LogP contribution in [0.15, 0.2) is 29.4 Å². The van der Waals surface area contributed by atoms with Gasteiger partial charge in [-0.15, -0.1) is 0 Å². The van der Waals surface area contributed by atoms with Crippen LogP contribution in [0.2, 0.25) is 0 Å². The Morgan fingerprint density at radius 2 is 1.84 bits per heavy atom. The number of nitrogens with zero attached hydrogens (tertiary/aromatic N) is 1. The summed E-state index contributed by atoms with van der Waals surface area (Å²) in [5.74, 6) is -2.21. The van der Waals surface area contributed by atoms with Gasteiger partial charge in [0, 0.05) is 11.6 Å². The summed E-state index contributed by atoms with van der Waals surface area (Å²) in [4.78, 5) is 23.0. The fraction of sp³-hybridized carbons (Fsp3) is 0.471. The highest BCUT2D eigenvalue weighted by Gasteiger charge is 2.38. The number of carbonyl (C=O) groups is 2. The Balaban J connectivity index is 2.01. The zero-order valence-corrected chi connectivity index (χ0v) is 13.8. The van der Waals surface area contributed by atoms with Crippen molar-refractivity contribution in [3.8, 4) is 0 Å². The van der Waals surface area contributed by atoms with Crippen LogP contribution in [0.1, 0.15) is 44.6 Å². The Bertz CT molecular complexity index is 665. The number of nitrogens with one attached hydrogen (secondary N) is 2. The smallest absolute Gasteiger partial charge is 0.318 e. The summed E-state index contributed by atoms with van der Waals surface area (Å²) >= 11 is 0. The first-order valence-corrected chi connectivity index (χ1v) is 8.10. The van der Waals surface area contributed by atoms with Gasteiger partial charge in [-0.2, -0.15) is 18.3 Å². The molecular formula is C17H20F3N3O2. The molecule has 0 heterocycles. The van der Waals surface area contributed by atoms with Crippen molar-refractivity contribution >= 4 is 23.2 Å². The third kappa shape index (κ3) is 5.58. The molecule has 25 heavy (non-hydrogen) atoms. The molecule has 0 saturated heterocycles. The van der Waals surface area contributed by atoms with Crippen molar-refractivity contribution < 1.29 is 22.8 Å². The number of anilines is 1. The van der Waals surface area contributed by atoms with Crippen LogP contribution in [-0.4, -0.2) is 23.7 Å². The molecule has 8 heteroatoms. The summed E-state index contributed by atoms with van der Waals surface area (Å²) < 4.78 is 36.9. The zero-order chi connectivity index (χ0) is 18.4. The lowest BCUT2D eigenvalue weighted by Crippen LogP contribution is -2.30. The van der Waals surface area contributed by atoms with Gasteiger partial charge in [-0.3, -0.25) is 9.59 Å². The lowest BCUT2D eigenvalue weighted by molar-refractivity contribution is -0.167. The number of halogens is 3. The highest BCUT2D eigenvalue weighted by Crippen LogP contribution is 2.23. The molecule has 2 amide bonds. The van der Waals surface area contributed by atoms with Gasteiger partial charge in [-0.1, -0.05) is 31.4 Å². The minimum atomic E-state index is -4.95. The molecule has 2 N–H and O–H groups in total. The SMILES string of the molecule is C/C(=N/NC(=O)C1CCCCC1)c1cccc(NC(=O)C(F)(F)F)c1. The summed E-state index contributed by atoms with van der Waals surface area (Å²) in [6, 6.07) is 5.86. The first-order chi connectivity index (χ1) is 11.8. The lowest BCUT2D eigenvalue weighted by atomic mass is 9.89. The maximum Gasteiger partial charge on any atom is 0.471 e.